The van der Waals surface area contributed by atoms with E-state index in [9.17, 15) is 8.42 Å². The number of hydrogen-bond donors (Lipinski definition) is 1. The molecule has 1 fully saturated rings. The highest BCUT2D eigenvalue weighted by Gasteiger charge is 2.31. The van der Waals surface area contributed by atoms with E-state index in [1.165, 1.54) is 18.2 Å². The highest BCUT2D eigenvalue weighted by molar-refractivity contribution is 7.89. The Morgan fingerprint density at radius 2 is 2.11 bits per heavy atom. The lowest BCUT2D eigenvalue weighted by Gasteiger charge is -2.32. The van der Waals surface area contributed by atoms with Crippen molar-refractivity contribution in [1.29, 1.82) is 0 Å². The molecule has 4 nitrogen and oxygen atoms in total. The van der Waals surface area contributed by atoms with Gasteiger partial charge in [-0.1, -0.05) is 18.0 Å². The molecule has 0 aliphatic carbocycles. The van der Waals surface area contributed by atoms with Gasteiger partial charge in [0.1, 0.15) is 0 Å². The quantitative estimate of drug-likeness (QED) is 0.851. The van der Waals surface area contributed by atoms with Crippen LogP contribution in [0.3, 0.4) is 0 Å². The van der Waals surface area contributed by atoms with Gasteiger partial charge in [-0.3, -0.25) is 0 Å². The first-order chi connectivity index (χ1) is 8.43. The zero-order valence-electron chi connectivity index (χ0n) is 10.3. The predicted molar refractivity (Wildman–Crippen MR) is 73.1 cm³/mol. The summed E-state index contributed by atoms with van der Waals surface area (Å²) in [5.74, 6) is 0. The lowest BCUT2D eigenvalue weighted by molar-refractivity contribution is 0.268. The smallest absolute Gasteiger partial charge is 0.243 e. The van der Waals surface area contributed by atoms with Crippen LogP contribution in [0.5, 0.6) is 0 Å². The molecule has 2 N–H and O–H groups in total. The Bertz CT molecular complexity index is 545. The maximum Gasteiger partial charge on any atom is 0.243 e. The third kappa shape index (κ3) is 2.48. The zero-order chi connectivity index (χ0) is 13.3. The van der Waals surface area contributed by atoms with Crippen molar-refractivity contribution in [2.75, 3.05) is 12.3 Å². The fourth-order valence-electron chi connectivity index (χ4n) is 2.23. The number of nitrogens with zero attached hydrogens (tertiary/aromatic N) is 1. The molecule has 1 aliphatic rings. The van der Waals surface area contributed by atoms with Crippen molar-refractivity contribution < 1.29 is 8.42 Å². The number of piperidine rings is 1. The van der Waals surface area contributed by atoms with Gasteiger partial charge in [0.2, 0.25) is 10.0 Å². The molecule has 2 rings (SSSR count). The van der Waals surface area contributed by atoms with Crippen LogP contribution >= 0.6 is 11.6 Å². The number of halogens is 1. The maximum absolute atomic E-state index is 12.5. The fourth-order valence-corrected chi connectivity index (χ4v) is 4.20. The average molecular weight is 289 g/mol. The summed E-state index contributed by atoms with van der Waals surface area (Å²) in [7, 11) is -3.46. The number of sulfonamides is 1. The molecule has 1 saturated heterocycles. The molecule has 0 amide bonds. The van der Waals surface area contributed by atoms with Gasteiger partial charge in [0.05, 0.1) is 15.6 Å². The van der Waals surface area contributed by atoms with E-state index in [4.69, 9.17) is 17.3 Å². The second-order valence-corrected chi connectivity index (χ2v) is 6.94. The molecule has 0 saturated carbocycles. The lowest BCUT2D eigenvalue weighted by atomic mass is 10.1. The average Bonchev–Trinajstić information content (AvgIpc) is 2.33. The van der Waals surface area contributed by atoms with Crippen molar-refractivity contribution in [2.24, 2.45) is 0 Å². The Hall–Kier alpha value is -0.780. The zero-order valence-corrected chi connectivity index (χ0v) is 11.8. The highest BCUT2D eigenvalue weighted by atomic mass is 35.5. The number of nitrogens with two attached hydrogens (primary N) is 1. The SMILES string of the molecule is C[C@H]1CCCCN1S(=O)(=O)c1ccc(N)c(Cl)c1. The van der Waals surface area contributed by atoms with Crippen LogP contribution in [-0.2, 0) is 10.0 Å². The van der Waals surface area contributed by atoms with Crippen molar-refractivity contribution in [1.82, 2.24) is 4.31 Å². The van der Waals surface area contributed by atoms with Gasteiger partial charge < -0.3 is 5.73 Å². The Kier molecular flexibility index (Phi) is 3.84. The van der Waals surface area contributed by atoms with Crippen LogP contribution in [0.25, 0.3) is 0 Å². The summed E-state index contributed by atoms with van der Waals surface area (Å²) >= 11 is 5.89. The van der Waals surface area contributed by atoms with E-state index in [1.807, 2.05) is 6.92 Å². The van der Waals surface area contributed by atoms with Gasteiger partial charge in [0.15, 0.2) is 0 Å². The number of rotatable bonds is 2. The molecule has 0 bridgehead atoms. The van der Waals surface area contributed by atoms with Crippen molar-refractivity contribution in [3.8, 4) is 0 Å². The van der Waals surface area contributed by atoms with Crippen LogP contribution < -0.4 is 5.73 Å². The monoisotopic (exact) mass is 288 g/mol. The summed E-state index contributed by atoms with van der Waals surface area (Å²) in [4.78, 5) is 0.218. The molecule has 6 heteroatoms. The third-order valence-electron chi connectivity index (χ3n) is 3.32. The van der Waals surface area contributed by atoms with E-state index in [2.05, 4.69) is 0 Å². The predicted octanol–water partition coefficient (Wildman–Crippen LogP) is 2.49. The van der Waals surface area contributed by atoms with E-state index in [0.717, 1.165) is 19.3 Å². The third-order valence-corrected chi connectivity index (χ3v) is 5.66. The van der Waals surface area contributed by atoms with Gasteiger partial charge >= 0.3 is 0 Å². The molecule has 1 aromatic rings. The number of nitrogen functional groups attached to an aromatic ring is 1. The van der Waals surface area contributed by atoms with Crippen molar-refractivity contribution in [2.45, 2.75) is 37.1 Å². The molecule has 0 aromatic heterocycles. The molecule has 1 aromatic carbocycles. The first kappa shape index (κ1) is 13.6. The normalized spacial score (nSPS) is 22.0. The van der Waals surface area contributed by atoms with Gasteiger partial charge in [0.25, 0.3) is 0 Å². The van der Waals surface area contributed by atoms with Crippen molar-refractivity contribution in [3.63, 3.8) is 0 Å². The van der Waals surface area contributed by atoms with Crippen LogP contribution in [0.1, 0.15) is 26.2 Å². The van der Waals surface area contributed by atoms with Crippen LogP contribution in [0.2, 0.25) is 5.02 Å². The Balaban J connectivity index is 2.37. The Labute approximate surface area is 113 Å². The van der Waals surface area contributed by atoms with Crippen LogP contribution in [-0.4, -0.2) is 25.3 Å². The van der Waals surface area contributed by atoms with Gasteiger partial charge in [-0.05, 0) is 38.0 Å². The standard InChI is InChI=1S/C12H17ClN2O2S/c1-9-4-2-3-7-15(9)18(16,17)10-5-6-12(14)11(13)8-10/h5-6,8-9H,2-4,7,14H2,1H3/t9-/m0/s1. The molecule has 0 radical (unpaired) electrons. The van der Waals surface area contributed by atoms with Gasteiger partial charge in [-0.2, -0.15) is 4.31 Å². The Morgan fingerprint density at radius 3 is 2.72 bits per heavy atom. The van der Waals surface area contributed by atoms with E-state index < -0.39 is 10.0 Å². The number of hydrogen-bond acceptors (Lipinski definition) is 3. The van der Waals surface area contributed by atoms with Crippen molar-refractivity contribution in [3.05, 3.63) is 23.2 Å². The van der Waals surface area contributed by atoms with E-state index in [0.29, 0.717) is 12.2 Å². The highest BCUT2D eigenvalue weighted by Crippen LogP contribution is 2.28. The molecular formula is C12H17ClN2O2S. The summed E-state index contributed by atoms with van der Waals surface area (Å²) in [5, 5.41) is 0.278. The number of benzene rings is 1. The summed E-state index contributed by atoms with van der Waals surface area (Å²) in [5.41, 5.74) is 5.99. The van der Waals surface area contributed by atoms with Gasteiger partial charge in [0, 0.05) is 12.6 Å². The fraction of sp³-hybridized carbons (Fsp3) is 0.500. The molecule has 1 heterocycles. The van der Waals surface area contributed by atoms with E-state index in [1.54, 1.807) is 4.31 Å². The van der Waals surface area contributed by atoms with Gasteiger partial charge in [-0.25, -0.2) is 8.42 Å². The van der Waals surface area contributed by atoms with Crippen molar-refractivity contribution >= 4 is 27.3 Å². The largest absolute Gasteiger partial charge is 0.398 e. The molecule has 0 spiro atoms. The van der Waals surface area contributed by atoms with Crippen LogP contribution in [0.15, 0.2) is 23.1 Å². The molecule has 1 aliphatic heterocycles. The first-order valence-electron chi connectivity index (χ1n) is 6.00. The van der Waals surface area contributed by atoms with E-state index in [-0.39, 0.29) is 16.0 Å². The number of anilines is 1. The summed E-state index contributed by atoms with van der Waals surface area (Å²) < 4.78 is 26.5. The van der Waals surface area contributed by atoms with E-state index >= 15 is 0 Å². The minimum Gasteiger partial charge on any atom is -0.398 e. The summed E-state index contributed by atoms with van der Waals surface area (Å²) in [6.45, 7) is 2.51. The molecule has 1 atom stereocenters. The topological polar surface area (TPSA) is 63.4 Å². The molecule has 0 unspecified atom stereocenters. The second-order valence-electron chi connectivity index (χ2n) is 4.64. The molecule has 100 valence electrons. The van der Waals surface area contributed by atoms with Crippen LogP contribution in [0, 0.1) is 0 Å². The first-order valence-corrected chi connectivity index (χ1v) is 7.81. The van der Waals surface area contributed by atoms with Gasteiger partial charge in [-0.15, -0.1) is 0 Å². The molecule has 18 heavy (non-hydrogen) atoms. The summed E-state index contributed by atoms with van der Waals surface area (Å²) in [6, 6.07) is 4.51. The maximum atomic E-state index is 12.5. The summed E-state index contributed by atoms with van der Waals surface area (Å²) in [6.07, 6.45) is 2.89. The minimum atomic E-state index is -3.46. The van der Waals surface area contributed by atoms with Crippen LogP contribution in [0.4, 0.5) is 5.69 Å². The minimum absolute atomic E-state index is 0.0417. The molecular weight excluding hydrogens is 272 g/mol. The second kappa shape index (κ2) is 5.07. The lowest BCUT2D eigenvalue weighted by Crippen LogP contribution is -2.41. The Morgan fingerprint density at radius 1 is 1.39 bits per heavy atom.